The van der Waals surface area contributed by atoms with Gasteiger partial charge < -0.3 is 15.5 Å². The van der Waals surface area contributed by atoms with Crippen LogP contribution in [0, 0.1) is 5.92 Å². The number of piperidine rings is 1. The Labute approximate surface area is 164 Å². The first-order valence-corrected chi connectivity index (χ1v) is 9.42. The van der Waals surface area contributed by atoms with Crippen molar-refractivity contribution in [1.29, 1.82) is 0 Å². The summed E-state index contributed by atoms with van der Waals surface area (Å²) in [4.78, 5) is 42.1. The van der Waals surface area contributed by atoms with E-state index in [9.17, 15) is 14.4 Å². The first-order valence-electron chi connectivity index (χ1n) is 9.42. The molecule has 1 aliphatic heterocycles. The lowest BCUT2D eigenvalue weighted by molar-refractivity contribution is -0.131. The molecule has 1 aromatic heterocycles. The monoisotopic (exact) mass is 380 g/mol. The largest absolute Gasteiger partial charge is 0.352 e. The molecule has 0 atom stereocenters. The summed E-state index contributed by atoms with van der Waals surface area (Å²) in [5, 5.41) is 5.60. The van der Waals surface area contributed by atoms with Gasteiger partial charge in [-0.1, -0.05) is 18.2 Å². The van der Waals surface area contributed by atoms with E-state index < -0.39 is 0 Å². The summed E-state index contributed by atoms with van der Waals surface area (Å²) in [6.45, 7) is 1.84. The number of carbonyl (C=O) groups is 3. The number of nitrogens with zero attached hydrogens (tertiary/aromatic N) is 2. The number of benzene rings is 1. The van der Waals surface area contributed by atoms with Gasteiger partial charge >= 0.3 is 0 Å². The van der Waals surface area contributed by atoms with Gasteiger partial charge in [-0.15, -0.1) is 0 Å². The van der Waals surface area contributed by atoms with Crippen LogP contribution in [0.2, 0.25) is 0 Å². The number of hydrogen-bond donors (Lipinski definition) is 2. The van der Waals surface area contributed by atoms with Crippen molar-refractivity contribution >= 4 is 17.7 Å². The summed E-state index contributed by atoms with van der Waals surface area (Å²) in [5.74, 6) is -0.122. The van der Waals surface area contributed by atoms with Crippen molar-refractivity contribution in [2.75, 3.05) is 26.2 Å². The average Bonchev–Trinajstić information content (AvgIpc) is 2.77. The minimum absolute atomic E-state index is 0.00383. The summed E-state index contributed by atoms with van der Waals surface area (Å²) in [5.41, 5.74) is 1.09. The molecule has 7 nitrogen and oxygen atoms in total. The average molecular weight is 380 g/mol. The van der Waals surface area contributed by atoms with Gasteiger partial charge in [0.1, 0.15) is 0 Å². The van der Waals surface area contributed by atoms with Crippen LogP contribution >= 0.6 is 0 Å². The predicted octanol–water partition coefficient (Wildman–Crippen LogP) is 1.48. The van der Waals surface area contributed by atoms with Crippen LogP contribution in [0.3, 0.4) is 0 Å². The Bertz CT molecular complexity index is 803. The van der Waals surface area contributed by atoms with Gasteiger partial charge in [-0.25, -0.2) is 0 Å². The van der Waals surface area contributed by atoms with Gasteiger partial charge in [0.15, 0.2) is 0 Å². The molecule has 1 aliphatic rings. The van der Waals surface area contributed by atoms with Crippen LogP contribution < -0.4 is 10.6 Å². The summed E-state index contributed by atoms with van der Waals surface area (Å²) in [6, 6.07) is 12.3. The fraction of sp³-hybridized carbons (Fsp3) is 0.333. The highest BCUT2D eigenvalue weighted by atomic mass is 16.2. The maximum atomic E-state index is 12.3. The lowest BCUT2D eigenvalue weighted by atomic mass is 9.96. The number of carbonyl (C=O) groups excluding carboxylic acids is 3. The molecule has 3 amide bonds. The fourth-order valence-electron chi connectivity index (χ4n) is 3.18. The first-order chi connectivity index (χ1) is 13.6. The van der Waals surface area contributed by atoms with Crippen molar-refractivity contribution in [2.24, 2.45) is 5.92 Å². The van der Waals surface area contributed by atoms with E-state index in [-0.39, 0.29) is 24.3 Å². The number of likely N-dealkylation sites (tertiary alicyclic amines) is 1. The molecule has 146 valence electrons. The molecule has 2 aromatic rings. The molecule has 2 N–H and O–H groups in total. The highest BCUT2D eigenvalue weighted by Crippen LogP contribution is 2.16. The molecule has 1 aromatic carbocycles. The van der Waals surface area contributed by atoms with Crippen molar-refractivity contribution in [3.8, 4) is 0 Å². The lowest BCUT2D eigenvalue weighted by Gasteiger charge is -2.32. The smallest absolute Gasteiger partial charge is 0.252 e. The summed E-state index contributed by atoms with van der Waals surface area (Å²) < 4.78 is 0. The van der Waals surface area contributed by atoms with E-state index in [0.29, 0.717) is 36.7 Å². The molecular formula is C21H24N4O3. The predicted molar refractivity (Wildman–Crippen MR) is 105 cm³/mol. The number of hydrogen-bond acceptors (Lipinski definition) is 4. The molecular weight excluding hydrogens is 356 g/mol. The molecule has 0 radical (unpaired) electrons. The van der Waals surface area contributed by atoms with Crippen molar-refractivity contribution < 1.29 is 14.4 Å². The molecule has 0 unspecified atom stereocenters. The number of pyridine rings is 1. The van der Waals surface area contributed by atoms with E-state index in [4.69, 9.17) is 0 Å². The number of nitrogens with one attached hydrogen (secondary N) is 2. The van der Waals surface area contributed by atoms with Gasteiger partial charge in [-0.05, 0) is 43.0 Å². The third-order valence-corrected chi connectivity index (χ3v) is 4.88. The number of amides is 3. The lowest BCUT2D eigenvalue weighted by Crippen LogP contribution is -2.45. The number of aromatic nitrogens is 1. The fourth-order valence-corrected chi connectivity index (χ4v) is 3.18. The Hall–Kier alpha value is -3.22. The van der Waals surface area contributed by atoms with Gasteiger partial charge in [0, 0.05) is 37.6 Å². The van der Waals surface area contributed by atoms with Crippen molar-refractivity contribution in [3.63, 3.8) is 0 Å². The van der Waals surface area contributed by atoms with Gasteiger partial charge in [-0.3, -0.25) is 19.4 Å². The molecule has 3 rings (SSSR count). The Morgan fingerprint density at radius 2 is 1.61 bits per heavy atom. The molecule has 2 heterocycles. The highest BCUT2D eigenvalue weighted by molar-refractivity contribution is 5.96. The third kappa shape index (κ3) is 5.39. The van der Waals surface area contributed by atoms with Gasteiger partial charge in [0.25, 0.3) is 11.8 Å². The topological polar surface area (TPSA) is 91.4 Å². The Morgan fingerprint density at radius 3 is 2.29 bits per heavy atom. The number of rotatable bonds is 6. The zero-order chi connectivity index (χ0) is 19.8. The van der Waals surface area contributed by atoms with E-state index in [1.807, 2.05) is 6.07 Å². The normalized spacial score (nSPS) is 14.4. The van der Waals surface area contributed by atoms with E-state index in [2.05, 4.69) is 15.6 Å². The summed E-state index contributed by atoms with van der Waals surface area (Å²) >= 11 is 0. The van der Waals surface area contributed by atoms with E-state index in [1.165, 1.54) is 0 Å². The maximum absolute atomic E-state index is 12.3. The molecule has 1 saturated heterocycles. The summed E-state index contributed by atoms with van der Waals surface area (Å²) in [7, 11) is 0. The van der Waals surface area contributed by atoms with E-state index in [1.54, 1.807) is 53.7 Å². The summed E-state index contributed by atoms with van der Waals surface area (Å²) in [6.07, 6.45) is 4.82. The molecule has 0 bridgehead atoms. The molecule has 7 heteroatoms. The van der Waals surface area contributed by atoms with Crippen LogP contribution in [0.4, 0.5) is 0 Å². The van der Waals surface area contributed by atoms with Crippen molar-refractivity contribution in [1.82, 2.24) is 20.5 Å². The quantitative estimate of drug-likeness (QED) is 0.794. The van der Waals surface area contributed by atoms with Crippen LogP contribution in [0.25, 0.3) is 0 Å². The molecule has 0 spiro atoms. The standard InChI is InChI=1S/C21H24N4O3/c26-19(15-24-20(27)17-5-2-1-3-6-17)25-11-8-16(9-12-25)13-23-21(28)18-7-4-10-22-14-18/h1-7,10,14,16H,8-9,11-13,15H2,(H,23,28)(H,24,27). The van der Waals surface area contributed by atoms with E-state index in [0.717, 1.165) is 12.8 Å². The minimum Gasteiger partial charge on any atom is -0.352 e. The van der Waals surface area contributed by atoms with Gasteiger partial charge in [0.2, 0.25) is 5.91 Å². The third-order valence-electron chi connectivity index (χ3n) is 4.88. The van der Waals surface area contributed by atoms with Crippen molar-refractivity contribution in [3.05, 3.63) is 66.0 Å². The zero-order valence-corrected chi connectivity index (χ0v) is 15.6. The zero-order valence-electron chi connectivity index (χ0n) is 15.6. The second-order valence-electron chi connectivity index (χ2n) is 6.82. The Kier molecular flexibility index (Phi) is 6.73. The van der Waals surface area contributed by atoms with Crippen LogP contribution in [-0.2, 0) is 4.79 Å². The maximum Gasteiger partial charge on any atom is 0.252 e. The van der Waals surface area contributed by atoms with Crippen LogP contribution in [-0.4, -0.2) is 53.8 Å². The van der Waals surface area contributed by atoms with Crippen LogP contribution in [0.1, 0.15) is 33.6 Å². The molecule has 0 saturated carbocycles. The second-order valence-corrected chi connectivity index (χ2v) is 6.82. The van der Waals surface area contributed by atoms with Gasteiger partial charge in [0.05, 0.1) is 12.1 Å². The van der Waals surface area contributed by atoms with Crippen LogP contribution in [0.5, 0.6) is 0 Å². The van der Waals surface area contributed by atoms with Crippen molar-refractivity contribution in [2.45, 2.75) is 12.8 Å². The molecule has 0 aliphatic carbocycles. The molecule has 1 fully saturated rings. The van der Waals surface area contributed by atoms with Gasteiger partial charge in [-0.2, -0.15) is 0 Å². The minimum atomic E-state index is -0.248. The highest BCUT2D eigenvalue weighted by Gasteiger charge is 2.23. The SMILES string of the molecule is O=C(NCC(=O)N1CCC(CNC(=O)c2cccnc2)CC1)c1ccccc1. The Balaban J connectivity index is 1.37. The molecule has 28 heavy (non-hydrogen) atoms. The first kappa shape index (κ1) is 19.5. The van der Waals surface area contributed by atoms with E-state index >= 15 is 0 Å². The van der Waals surface area contributed by atoms with Crippen LogP contribution in [0.15, 0.2) is 54.9 Å². The second kappa shape index (κ2) is 9.64. The Morgan fingerprint density at radius 1 is 0.929 bits per heavy atom.